The Bertz CT molecular complexity index is 904. The SMILES string of the molecule is COC(=O)[C@@H](Cc1ccc(Br)cc1)NC(=O)[C@H]1CCCN1C(=O)OCc1ccccc1. The molecule has 1 heterocycles. The number of carbonyl (C=O) groups is 3. The van der Waals surface area contributed by atoms with E-state index in [0.717, 1.165) is 15.6 Å². The van der Waals surface area contributed by atoms with Gasteiger partial charge >= 0.3 is 12.1 Å². The first-order chi connectivity index (χ1) is 15.0. The number of nitrogens with zero attached hydrogens (tertiary/aromatic N) is 1. The van der Waals surface area contributed by atoms with Crippen LogP contribution >= 0.6 is 15.9 Å². The molecule has 2 aromatic carbocycles. The van der Waals surface area contributed by atoms with Gasteiger partial charge < -0.3 is 14.8 Å². The fraction of sp³-hybridized carbons (Fsp3) is 0.348. The molecule has 0 spiro atoms. The fourth-order valence-corrected chi connectivity index (χ4v) is 3.78. The lowest BCUT2D eigenvalue weighted by Gasteiger charge is -2.25. The van der Waals surface area contributed by atoms with Crippen molar-refractivity contribution in [3.63, 3.8) is 0 Å². The number of amides is 2. The summed E-state index contributed by atoms with van der Waals surface area (Å²) >= 11 is 3.38. The number of rotatable bonds is 7. The maximum Gasteiger partial charge on any atom is 0.410 e. The first-order valence-corrected chi connectivity index (χ1v) is 10.9. The van der Waals surface area contributed by atoms with Crippen molar-refractivity contribution in [2.24, 2.45) is 0 Å². The van der Waals surface area contributed by atoms with Crippen LogP contribution in [0.15, 0.2) is 59.1 Å². The zero-order chi connectivity index (χ0) is 22.2. The largest absolute Gasteiger partial charge is 0.467 e. The van der Waals surface area contributed by atoms with Crippen molar-refractivity contribution in [1.82, 2.24) is 10.2 Å². The van der Waals surface area contributed by atoms with Gasteiger partial charge in [0.15, 0.2) is 0 Å². The first kappa shape index (κ1) is 22.8. The predicted molar refractivity (Wildman–Crippen MR) is 118 cm³/mol. The minimum atomic E-state index is -0.846. The molecule has 1 aliphatic heterocycles. The van der Waals surface area contributed by atoms with Gasteiger partial charge in [-0.1, -0.05) is 58.4 Å². The molecule has 0 bridgehead atoms. The van der Waals surface area contributed by atoms with Crippen LogP contribution in [0.1, 0.15) is 24.0 Å². The third kappa shape index (κ3) is 6.30. The molecule has 3 rings (SSSR count). The number of hydrogen-bond donors (Lipinski definition) is 1. The standard InChI is InChI=1S/C23H25BrN2O5/c1-30-22(28)19(14-16-9-11-18(24)12-10-16)25-21(27)20-8-5-13-26(20)23(29)31-15-17-6-3-2-4-7-17/h2-4,6-7,9-12,19-20H,5,8,13-15H2,1H3,(H,25,27)/t19-,20-/m1/s1. The topological polar surface area (TPSA) is 84.9 Å². The third-order valence-corrected chi connectivity index (χ3v) is 5.68. The highest BCUT2D eigenvalue weighted by molar-refractivity contribution is 9.10. The Balaban J connectivity index is 1.62. The Morgan fingerprint density at radius 2 is 1.81 bits per heavy atom. The van der Waals surface area contributed by atoms with E-state index in [1.165, 1.54) is 12.0 Å². The van der Waals surface area contributed by atoms with Crippen LogP contribution in [0.4, 0.5) is 4.79 Å². The van der Waals surface area contributed by atoms with Crippen molar-refractivity contribution >= 4 is 33.9 Å². The fourth-order valence-electron chi connectivity index (χ4n) is 3.52. The average Bonchev–Trinajstić information content (AvgIpc) is 3.29. The van der Waals surface area contributed by atoms with Gasteiger partial charge in [0.1, 0.15) is 18.7 Å². The van der Waals surface area contributed by atoms with Crippen LogP contribution in [0.2, 0.25) is 0 Å². The number of nitrogens with one attached hydrogen (secondary N) is 1. The molecule has 2 atom stereocenters. The summed E-state index contributed by atoms with van der Waals surface area (Å²) in [6.07, 6.45) is 0.952. The number of methoxy groups -OCH3 is 1. The molecule has 31 heavy (non-hydrogen) atoms. The second-order valence-electron chi connectivity index (χ2n) is 7.31. The maximum absolute atomic E-state index is 12.9. The molecule has 1 N–H and O–H groups in total. The van der Waals surface area contributed by atoms with Gasteiger partial charge in [0, 0.05) is 17.4 Å². The van der Waals surface area contributed by atoms with E-state index in [9.17, 15) is 14.4 Å². The maximum atomic E-state index is 12.9. The van der Waals surface area contributed by atoms with Crippen LogP contribution < -0.4 is 5.32 Å². The van der Waals surface area contributed by atoms with Crippen molar-refractivity contribution in [2.45, 2.75) is 38.0 Å². The Kier molecular flexibility index (Phi) is 8.06. The van der Waals surface area contributed by atoms with Crippen LogP contribution in [0.25, 0.3) is 0 Å². The summed E-state index contributed by atoms with van der Waals surface area (Å²) in [5.41, 5.74) is 1.75. The van der Waals surface area contributed by atoms with Crippen LogP contribution in [0.3, 0.4) is 0 Å². The number of carbonyl (C=O) groups excluding carboxylic acids is 3. The molecular weight excluding hydrogens is 464 g/mol. The summed E-state index contributed by atoms with van der Waals surface area (Å²) < 4.78 is 11.2. The van der Waals surface area contributed by atoms with Crippen molar-refractivity contribution < 1.29 is 23.9 Å². The van der Waals surface area contributed by atoms with Crippen LogP contribution in [0, 0.1) is 0 Å². The third-order valence-electron chi connectivity index (χ3n) is 5.15. The van der Waals surface area contributed by atoms with Gasteiger partial charge in [-0.05, 0) is 36.1 Å². The molecule has 164 valence electrons. The molecular formula is C23H25BrN2O5. The van der Waals surface area contributed by atoms with Gasteiger partial charge in [-0.3, -0.25) is 9.69 Å². The summed E-state index contributed by atoms with van der Waals surface area (Å²) in [5.74, 6) is -0.922. The van der Waals surface area contributed by atoms with Crippen LogP contribution in [-0.4, -0.2) is 48.6 Å². The quantitative estimate of drug-likeness (QED) is 0.603. The zero-order valence-electron chi connectivity index (χ0n) is 17.3. The van der Waals surface area contributed by atoms with E-state index < -0.39 is 24.1 Å². The highest BCUT2D eigenvalue weighted by atomic mass is 79.9. The van der Waals surface area contributed by atoms with E-state index in [0.29, 0.717) is 19.4 Å². The van der Waals surface area contributed by atoms with E-state index >= 15 is 0 Å². The molecule has 0 saturated carbocycles. The monoisotopic (exact) mass is 488 g/mol. The number of hydrogen-bond acceptors (Lipinski definition) is 5. The van der Waals surface area contributed by atoms with E-state index in [1.54, 1.807) is 0 Å². The van der Waals surface area contributed by atoms with Gasteiger partial charge in [0.25, 0.3) is 0 Å². The summed E-state index contributed by atoms with van der Waals surface area (Å²) in [6.45, 7) is 0.570. The lowest BCUT2D eigenvalue weighted by atomic mass is 10.1. The van der Waals surface area contributed by atoms with Crippen LogP contribution in [-0.2, 0) is 32.1 Å². The lowest BCUT2D eigenvalue weighted by molar-refractivity contribution is -0.145. The van der Waals surface area contributed by atoms with Gasteiger partial charge in [-0.2, -0.15) is 0 Å². The predicted octanol–water partition coefficient (Wildman–Crippen LogP) is 3.45. The summed E-state index contributed by atoms with van der Waals surface area (Å²) in [6, 6.07) is 15.3. The van der Waals surface area contributed by atoms with Crippen molar-refractivity contribution in [1.29, 1.82) is 0 Å². The van der Waals surface area contributed by atoms with Gasteiger partial charge in [0.2, 0.25) is 5.91 Å². The van der Waals surface area contributed by atoms with E-state index in [-0.39, 0.29) is 18.9 Å². The summed E-state index contributed by atoms with van der Waals surface area (Å²) in [5, 5.41) is 2.76. The molecule has 0 aliphatic carbocycles. The van der Waals surface area contributed by atoms with E-state index in [2.05, 4.69) is 21.2 Å². The Labute approximate surface area is 189 Å². The molecule has 0 aromatic heterocycles. The van der Waals surface area contributed by atoms with Crippen LogP contribution in [0.5, 0.6) is 0 Å². The van der Waals surface area contributed by atoms with Gasteiger partial charge in [0.05, 0.1) is 7.11 Å². The molecule has 0 radical (unpaired) electrons. The average molecular weight is 489 g/mol. The molecule has 1 fully saturated rings. The minimum absolute atomic E-state index is 0.138. The number of ether oxygens (including phenoxy) is 2. The Morgan fingerprint density at radius 1 is 1.10 bits per heavy atom. The van der Waals surface area contributed by atoms with E-state index in [1.807, 2.05) is 54.6 Å². The molecule has 0 unspecified atom stereocenters. The molecule has 2 amide bonds. The number of benzene rings is 2. The molecule has 8 heteroatoms. The van der Waals surface area contributed by atoms with Gasteiger partial charge in [-0.25, -0.2) is 9.59 Å². The second kappa shape index (κ2) is 10.9. The van der Waals surface area contributed by atoms with E-state index in [4.69, 9.17) is 9.47 Å². The smallest absolute Gasteiger partial charge is 0.410 e. The second-order valence-corrected chi connectivity index (χ2v) is 8.22. The lowest BCUT2D eigenvalue weighted by Crippen LogP contribution is -2.51. The van der Waals surface area contributed by atoms with Crippen molar-refractivity contribution in [2.75, 3.05) is 13.7 Å². The summed E-state index contributed by atoms with van der Waals surface area (Å²) in [4.78, 5) is 39.2. The van der Waals surface area contributed by atoms with Crippen molar-refractivity contribution in [3.05, 3.63) is 70.2 Å². The summed E-state index contributed by atoms with van der Waals surface area (Å²) in [7, 11) is 1.28. The molecule has 1 aliphatic rings. The first-order valence-electron chi connectivity index (χ1n) is 10.1. The molecule has 7 nitrogen and oxygen atoms in total. The molecule has 2 aromatic rings. The minimum Gasteiger partial charge on any atom is -0.467 e. The van der Waals surface area contributed by atoms with Gasteiger partial charge in [-0.15, -0.1) is 0 Å². The number of halogens is 1. The highest BCUT2D eigenvalue weighted by Crippen LogP contribution is 2.20. The Morgan fingerprint density at radius 3 is 2.48 bits per heavy atom. The Hall–Kier alpha value is -2.87. The number of esters is 1. The normalized spacial score (nSPS) is 16.5. The highest BCUT2D eigenvalue weighted by Gasteiger charge is 2.37. The molecule has 1 saturated heterocycles. The van der Waals surface area contributed by atoms with Crippen molar-refractivity contribution in [3.8, 4) is 0 Å². The zero-order valence-corrected chi connectivity index (χ0v) is 18.8. The number of likely N-dealkylation sites (tertiary alicyclic amines) is 1.